The monoisotopic (exact) mass is 359 g/mol. The summed E-state index contributed by atoms with van der Waals surface area (Å²) in [5, 5.41) is 0.616. The zero-order chi connectivity index (χ0) is 17.1. The van der Waals surface area contributed by atoms with Crippen molar-refractivity contribution < 1.29 is 26.5 Å². The van der Waals surface area contributed by atoms with Crippen molar-refractivity contribution in [3.8, 4) is 17.1 Å². The summed E-state index contributed by atoms with van der Waals surface area (Å²) in [5.41, 5.74) is 2.49. The number of aryl methyl sites for hydroxylation is 1. The fourth-order valence-electron chi connectivity index (χ4n) is 2.50. The van der Waals surface area contributed by atoms with E-state index >= 15 is 0 Å². The fourth-order valence-corrected chi connectivity index (χ4v) is 2.50. The van der Waals surface area contributed by atoms with Crippen molar-refractivity contribution in [3.63, 3.8) is 0 Å². The van der Waals surface area contributed by atoms with E-state index in [0.717, 1.165) is 23.4 Å². The van der Waals surface area contributed by atoms with Gasteiger partial charge in [0.25, 0.3) is 0 Å². The molecule has 4 nitrogen and oxygen atoms in total. The Balaban J connectivity index is 0.00000225. The average molecular weight is 360 g/mol. The van der Waals surface area contributed by atoms with Crippen molar-refractivity contribution >= 4 is 11.0 Å². The Morgan fingerprint density at radius 1 is 1.04 bits per heavy atom. The smallest absolute Gasteiger partial charge is 0.193 e. The van der Waals surface area contributed by atoms with E-state index in [-0.39, 0.29) is 17.8 Å². The molecule has 0 atom stereocenters. The van der Waals surface area contributed by atoms with Crippen LogP contribution in [0.3, 0.4) is 0 Å². The number of benzene rings is 2. The lowest BCUT2D eigenvalue weighted by Gasteiger charge is -2.09. The number of halogens is 1. The predicted molar refractivity (Wildman–Crippen MR) is 95.8 cm³/mol. The highest BCUT2D eigenvalue weighted by Crippen LogP contribution is 2.24. The minimum absolute atomic E-state index is 0. The highest BCUT2D eigenvalue weighted by Gasteiger charge is 2.07. The largest absolute Gasteiger partial charge is 1.00 e. The first kappa shape index (κ1) is 19.0. The zero-order valence-electron chi connectivity index (χ0n) is 14.6. The molecule has 0 unspecified atom stereocenters. The number of hydrogen-bond donors (Lipinski definition) is 1. The van der Waals surface area contributed by atoms with Crippen molar-refractivity contribution in [2.75, 3.05) is 27.2 Å². The van der Waals surface area contributed by atoms with Crippen LogP contribution in [0.25, 0.3) is 22.3 Å². The van der Waals surface area contributed by atoms with Crippen molar-refractivity contribution in [2.45, 2.75) is 6.92 Å². The molecule has 3 rings (SSSR count). The molecule has 3 aromatic rings. The van der Waals surface area contributed by atoms with Gasteiger partial charge in [-0.3, -0.25) is 4.79 Å². The van der Waals surface area contributed by atoms with Gasteiger partial charge in [-0.05, 0) is 43.3 Å². The molecule has 0 radical (unpaired) electrons. The lowest BCUT2D eigenvalue weighted by molar-refractivity contribution is -0.858. The third-order valence-electron chi connectivity index (χ3n) is 3.89. The van der Waals surface area contributed by atoms with Gasteiger partial charge in [0, 0.05) is 11.6 Å². The SMILES string of the molecule is Cc1ccc2oc(-c3ccc(OCC[NH+](C)C)cc3)cc(=O)c2c1.[Cl-]. The third kappa shape index (κ3) is 4.62. The zero-order valence-corrected chi connectivity index (χ0v) is 15.4. The van der Waals surface area contributed by atoms with Crippen LogP contribution in [0.2, 0.25) is 0 Å². The van der Waals surface area contributed by atoms with Crippen LogP contribution in [0.5, 0.6) is 5.75 Å². The number of ether oxygens (including phenoxy) is 1. The van der Waals surface area contributed by atoms with E-state index in [1.54, 1.807) is 6.07 Å². The van der Waals surface area contributed by atoms with Crippen LogP contribution in [0.15, 0.2) is 57.7 Å². The number of rotatable bonds is 5. The van der Waals surface area contributed by atoms with Gasteiger partial charge in [-0.15, -0.1) is 0 Å². The quantitative estimate of drug-likeness (QED) is 0.655. The summed E-state index contributed by atoms with van der Waals surface area (Å²) in [7, 11) is 4.19. The minimum Gasteiger partial charge on any atom is -1.00 e. The summed E-state index contributed by atoms with van der Waals surface area (Å²) in [6.07, 6.45) is 0. The highest BCUT2D eigenvalue weighted by atomic mass is 35.5. The van der Waals surface area contributed by atoms with Gasteiger partial charge in [0.05, 0.1) is 19.5 Å². The van der Waals surface area contributed by atoms with Gasteiger partial charge in [0.1, 0.15) is 30.2 Å². The normalized spacial score (nSPS) is 10.7. The van der Waals surface area contributed by atoms with Gasteiger partial charge in [0.2, 0.25) is 0 Å². The van der Waals surface area contributed by atoms with E-state index in [4.69, 9.17) is 9.15 Å². The predicted octanol–water partition coefficient (Wildman–Crippen LogP) is -0.704. The lowest BCUT2D eigenvalue weighted by atomic mass is 10.1. The van der Waals surface area contributed by atoms with Crippen molar-refractivity contribution in [3.05, 3.63) is 64.3 Å². The maximum Gasteiger partial charge on any atom is 0.193 e. The Kier molecular flexibility index (Phi) is 6.23. The number of quaternary nitrogens is 1. The van der Waals surface area contributed by atoms with Gasteiger partial charge in [-0.25, -0.2) is 0 Å². The van der Waals surface area contributed by atoms with Gasteiger partial charge in [-0.2, -0.15) is 0 Å². The molecule has 0 aliphatic heterocycles. The summed E-state index contributed by atoms with van der Waals surface area (Å²) >= 11 is 0. The van der Waals surface area contributed by atoms with E-state index in [2.05, 4.69) is 14.1 Å². The second-order valence-electron chi connectivity index (χ2n) is 6.30. The maximum absolute atomic E-state index is 12.3. The number of nitrogens with one attached hydrogen (secondary N) is 1. The van der Waals surface area contributed by atoms with Crippen LogP contribution in [0, 0.1) is 6.92 Å². The third-order valence-corrected chi connectivity index (χ3v) is 3.89. The Bertz CT molecular complexity index is 901. The summed E-state index contributed by atoms with van der Waals surface area (Å²) in [4.78, 5) is 13.7. The molecule has 0 spiro atoms. The first-order chi connectivity index (χ1) is 11.5. The number of hydrogen-bond acceptors (Lipinski definition) is 3. The van der Waals surface area contributed by atoms with Crippen LogP contribution >= 0.6 is 0 Å². The number of likely N-dealkylation sites (N-methyl/N-ethyl adjacent to an activating group) is 1. The van der Waals surface area contributed by atoms with E-state index in [1.807, 2.05) is 49.4 Å². The molecule has 1 heterocycles. The van der Waals surface area contributed by atoms with Crippen LogP contribution < -0.4 is 27.5 Å². The first-order valence-corrected chi connectivity index (χ1v) is 8.10. The van der Waals surface area contributed by atoms with Crippen LogP contribution in [0.1, 0.15) is 5.56 Å². The van der Waals surface area contributed by atoms with E-state index in [1.165, 1.54) is 4.90 Å². The fraction of sp³-hybridized carbons (Fsp3) is 0.250. The molecular weight excluding hydrogens is 338 g/mol. The minimum atomic E-state index is -0.0239. The Labute approximate surface area is 153 Å². The maximum atomic E-state index is 12.3. The van der Waals surface area contributed by atoms with E-state index in [9.17, 15) is 4.79 Å². The van der Waals surface area contributed by atoms with Crippen LogP contribution in [0.4, 0.5) is 0 Å². The summed E-state index contributed by atoms with van der Waals surface area (Å²) in [6, 6.07) is 14.8. The highest BCUT2D eigenvalue weighted by molar-refractivity contribution is 5.79. The molecule has 0 aliphatic carbocycles. The van der Waals surface area contributed by atoms with Crippen molar-refractivity contribution in [1.29, 1.82) is 0 Å². The summed E-state index contributed by atoms with van der Waals surface area (Å²) < 4.78 is 11.6. The molecule has 1 aromatic heterocycles. The molecule has 0 saturated carbocycles. The molecule has 132 valence electrons. The molecule has 0 fully saturated rings. The Morgan fingerprint density at radius 2 is 1.76 bits per heavy atom. The second-order valence-corrected chi connectivity index (χ2v) is 6.30. The molecule has 0 amide bonds. The molecular formula is C20H22ClNO3. The van der Waals surface area contributed by atoms with Gasteiger partial charge < -0.3 is 26.5 Å². The molecule has 25 heavy (non-hydrogen) atoms. The van der Waals surface area contributed by atoms with Crippen LogP contribution in [-0.4, -0.2) is 27.2 Å². The van der Waals surface area contributed by atoms with E-state index in [0.29, 0.717) is 23.3 Å². The van der Waals surface area contributed by atoms with Gasteiger partial charge in [0.15, 0.2) is 5.43 Å². The second kappa shape index (κ2) is 8.19. The first-order valence-electron chi connectivity index (χ1n) is 8.10. The molecule has 5 heteroatoms. The number of fused-ring (bicyclic) bond motifs is 1. The molecule has 0 aliphatic rings. The van der Waals surface area contributed by atoms with Crippen molar-refractivity contribution in [2.24, 2.45) is 0 Å². The topological polar surface area (TPSA) is 43.9 Å². The summed E-state index contributed by atoms with van der Waals surface area (Å²) in [6.45, 7) is 3.58. The molecule has 0 saturated heterocycles. The summed E-state index contributed by atoms with van der Waals surface area (Å²) in [5.74, 6) is 1.39. The standard InChI is InChI=1S/C20H21NO3.ClH/c1-14-4-9-19-17(12-14)18(22)13-20(24-19)15-5-7-16(8-6-15)23-11-10-21(2)3;/h4-9,12-13H,10-11H2,1-3H3;1H. The van der Waals surface area contributed by atoms with Crippen molar-refractivity contribution in [1.82, 2.24) is 0 Å². The van der Waals surface area contributed by atoms with Gasteiger partial charge in [-0.1, -0.05) is 11.6 Å². The van der Waals surface area contributed by atoms with Crippen LogP contribution in [-0.2, 0) is 0 Å². The van der Waals surface area contributed by atoms with Gasteiger partial charge >= 0.3 is 0 Å². The Hall–Kier alpha value is -2.30. The molecule has 1 N–H and O–H groups in total. The molecule has 2 aromatic carbocycles. The molecule has 0 bridgehead atoms. The Morgan fingerprint density at radius 3 is 2.44 bits per heavy atom. The average Bonchev–Trinajstić information content (AvgIpc) is 2.56. The lowest BCUT2D eigenvalue weighted by Crippen LogP contribution is -3.06. The van der Waals surface area contributed by atoms with E-state index < -0.39 is 0 Å².